The first kappa shape index (κ1) is 17.7. The van der Waals surface area contributed by atoms with Crippen LogP contribution in [0.4, 0.5) is 0 Å². The van der Waals surface area contributed by atoms with Crippen LogP contribution in [-0.4, -0.2) is 10.2 Å². The smallest absolute Gasteiger partial charge is 0.123 e. The number of hydrogen-bond donors (Lipinski definition) is 0. The zero-order chi connectivity index (χ0) is 16.2. The molecule has 2 rings (SSSR count). The monoisotopic (exact) mass is 354 g/mol. The molecule has 0 fully saturated rings. The Morgan fingerprint density at radius 1 is 0.773 bits per heavy atom. The summed E-state index contributed by atoms with van der Waals surface area (Å²) in [5.41, 5.74) is 4.77. The van der Waals surface area contributed by atoms with Crippen molar-refractivity contribution >= 4 is 34.8 Å². The average molecular weight is 356 g/mol. The second-order valence-electron chi connectivity index (χ2n) is 5.52. The maximum atomic E-state index is 6.54. The van der Waals surface area contributed by atoms with Crippen LogP contribution in [-0.2, 0) is 12.8 Å². The van der Waals surface area contributed by atoms with Crippen molar-refractivity contribution < 1.29 is 0 Å². The van der Waals surface area contributed by atoms with Crippen LogP contribution in [0.2, 0.25) is 0 Å². The minimum atomic E-state index is -1.04. The molecular formula is C19H21Cl3. The summed E-state index contributed by atoms with van der Waals surface area (Å²) in [5, 5.41) is 0. The van der Waals surface area contributed by atoms with Crippen LogP contribution < -0.4 is 0 Å². The maximum absolute atomic E-state index is 6.54. The minimum absolute atomic E-state index is 0.148. The van der Waals surface area contributed by atoms with Crippen molar-refractivity contribution in [1.29, 1.82) is 0 Å². The molecular weight excluding hydrogens is 335 g/mol. The molecule has 0 heterocycles. The molecule has 0 aromatic heterocycles. The van der Waals surface area contributed by atoms with Crippen LogP contribution >= 0.6 is 34.8 Å². The highest BCUT2D eigenvalue weighted by Crippen LogP contribution is 2.43. The molecule has 118 valence electrons. The molecule has 0 nitrogen and oxygen atoms in total. The Morgan fingerprint density at radius 2 is 1.14 bits per heavy atom. The molecule has 0 N–H and O–H groups in total. The molecule has 2 aromatic carbocycles. The number of hydrogen-bond acceptors (Lipinski definition) is 0. The molecule has 0 aliphatic rings. The third-order valence-electron chi connectivity index (χ3n) is 4.04. The zero-order valence-electron chi connectivity index (χ0n) is 13.0. The summed E-state index contributed by atoms with van der Waals surface area (Å²) in [6, 6.07) is 16.9. The van der Waals surface area contributed by atoms with Crippen molar-refractivity contribution in [3.63, 3.8) is 0 Å². The van der Waals surface area contributed by atoms with Crippen molar-refractivity contribution in [3.8, 4) is 0 Å². The van der Waals surface area contributed by atoms with Gasteiger partial charge in [0.2, 0.25) is 0 Å². The largest absolute Gasteiger partial charge is 0.142 e. The van der Waals surface area contributed by atoms with Crippen molar-refractivity contribution in [3.05, 3.63) is 70.8 Å². The lowest BCUT2D eigenvalue weighted by Crippen LogP contribution is -2.27. The van der Waals surface area contributed by atoms with Gasteiger partial charge in [0.1, 0.15) is 4.33 Å². The van der Waals surface area contributed by atoms with Crippen LogP contribution in [0.3, 0.4) is 0 Å². The number of benzene rings is 2. The molecule has 0 bridgehead atoms. The topological polar surface area (TPSA) is 0 Å². The highest BCUT2D eigenvalue weighted by Gasteiger charge is 2.36. The lowest BCUT2D eigenvalue weighted by Gasteiger charge is -2.29. The molecule has 0 saturated carbocycles. The van der Waals surface area contributed by atoms with E-state index in [9.17, 15) is 0 Å². The second kappa shape index (κ2) is 7.73. The van der Waals surface area contributed by atoms with Gasteiger partial charge in [0.05, 0.1) is 5.88 Å². The first-order valence-electron chi connectivity index (χ1n) is 7.63. The van der Waals surface area contributed by atoms with Gasteiger partial charge in [-0.05, 0) is 35.1 Å². The van der Waals surface area contributed by atoms with Crippen molar-refractivity contribution in [2.45, 2.75) is 36.9 Å². The molecule has 22 heavy (non-hydrogen) atoms. The third kappa shape index (κ3) is 3.98. The number of halogens is 3. The third-order valence-corrected chi connectivity index (χ3v) is 5.44. The molecule has 0 saturated heterocycles. The summed E-state index contributed by atoms with van der Waals surface area (Å²) < 4.78 is -1.04. The van der Waals surface area contributed by atoms with E-state index in [0.717, 1.165) is 24.0 Å². The highest BCUT2D eigenvalue weighted by molar-refractivity contribution is 6.52. The fraction of sp³-hybridized carbons (Fsp3) is 0.368. The molecule has 0 amide bonds. The van der Waals surface area contributed by atoms with Crippen LogP contribution in [0.15, 0.2) is 48.5 Å². The number of rotatable bonds is 6. The Labute approximate surface area is 148 Å². The van der Waals surface area contributed by atoms with E-state index in [1.807, 2.05) is 0 Å². The van der Waals surface area contributed by atoms with Crippen molar-refractivity contribution in [2.75, 3.05) is 5.88 Å². The van der Waals surface area contributed by atoms with Gasteiger partial charge in [0.25, 0.3) is 0 Å². The Kier molecular flexibility index (Phi) is 6.20. The van der Waals surface area contributed by atoms with Gasteiger partial charge in [-0.25, -0.2) is 0 Å². The van der Waals surface area contributed by atoms with E-state index in [1.165, 1.54) is 11.1 Å². The SMILES string of the molecule is CCc1ccc(C(c2ccc(CC)cc2)C(Cl)(Cl)CCl)cc1. The molecule has 0 unspecified atom stereocenters. The Hall–Kier alpha value is -0.690. The molecule has 3 heteroatoms. The summed E-state index contributed by atoms with van der Waals surface area (Å²) in [7, 11) is 0. The van der Waals surface area contributed by atoms with E-state index >= 15 is 0 Å². The summed E-state index contributed by atoms with van der Waals surface area (Å²) in [6.45, 7) is 4.28. The molecule has 0 spiro atoms. The summed E-state index contributed by atoms with van der Waals surface area (Å²) in [4.78, 5) is 0. The fourth-order valence-corrected chi connectivity index (χ4v) is 3.31. The van der Waals surface area contributed by atoms with Gasteiger partial charge in [-0.3, -0.25) is 0 Å². The first-order valence-corrected chi connectivity index (χ1v) is 8.92. The Morgan fingerprint density at radius 3 is 1.41 bits per heavy atom. The average Bonchev–Trinajstić information content (AvgIpc) is 2.56. The predicted molar refractivity (Wildman–Crippen MR) is 98.6 cm³/mol. The van der Waals surface area contributed by atoms with Crippen molar-refractivity contribution in [2.24, 2.45) is 0 Å². The summed E-state index contributed by atoms with van der Waals surface area (Å²) in [5.74, 6) is 0.0244. The van der Waals surface area contributed by atoms with Gasteiger partial charge in [-0.2, -0.15) is 0 Å². The van der Waals surface area contributed by atoms with Gasteiger partial charge in [0.15, 0.2) is 0 Å². The normalized spacial score (nSPS) is 11.9. The van der Waals surface area contributed by atoms with Gasteiger partial charge < -0.3 is 0 Å². The van der Waals surface area contributed by atoms with Crippen molar-refractivity contribution in [1.82, 2.24) is 0 Å². The second-order valence-corrected chi connectivity index (χ2v) is 7.33. The van der Waals surface area contributed by atoms with E-state index in [0.29, 0.717) is 0 Å². The molecule has 2 aromatic rings. The lowest BCUT2D eigenvalue weighted by molar-refractivity contribution is 0.731. The standard InChI is InChI=1S/C19H21Cl3/c1-3-14-5-9-16(10-6-14)18(19(21,22)13-20)17-11-7-15(4-2)8-12-17/h5-12,18H,3-4,13H2,1-2H3. The van der Waals surface area contributed by atoms with Gasteiger partial charge in [-0.15, -0.1) is 11.6 Å². The van der Waals surface area contributed by atoms with Crippen LogP contribution in [0.1, 0.15) is 42.0 Å². The summed E-state index contributed by atoms with van der Waals surface area (Å²) >= 11 is 19.1. The Balaban J connectivity index is 2.45. The summed E-state index contributed by atoms with van der Waals surface area (Å²) in [6.07, 6.45) is 2.02. The van der Waals surface area contributed by atoms with Gasteiger partial charge >= 0.3 is 0 Å². The van der Waals surface area contributed by atoms with E-state index in [-0.39, 0.29) is 11.8 Å². The quantitative estimate of drug-likeness (QED) is 0.529. The fourth-order valence-electron chi connectivity index (χ4n) is 2.65. The van der Waals surface area contributed by atoms with E-state index in [1.54, 1.807) is 0 Å². The lowest BCUT2D eigenvalue weighted by atomic mass is 9.87. The van der Waals surface area contributed by atoms with Crippen LogP contribution in [0, 0.1) is 0 Å². The van der Waals surface area contributed by atoms with Crippen LogP contribution in [0.5, 0.6) is 0 Å². The molecule has 0 atom stereocenters. The zero-order valence-corrected chi connectivity index (χ0v) is 15.2. The maximum Gasteiger partial charge on any atom is 0.142 e. The van der Waals surface area contributed by atoms with Gasteiger partial charge in [-0.1, -0.05) is 85.6 Å². The van der Waals surface area contributed by atoms with E-state index in [4.69, 9.17) is 34.8 Å². The predicted octanol–water partition coefficient (Wildman–Crippen LogP) is 6.36. The number of aryl methyl sites for hydroxylation is 2. The van der Waals surface area contributed by atoms with E-state index < -0.39 is 4.33 Å². The van der Waals surface area contributed by atoms with E-state index in [2.05, 4.69) is 62.4 Å². The first-order chi connectivity index (χ1) is 10.5. The highest BCUT2D eigenvalue weighted by atomic mass is 35.5. The van der Waals surface area contributed by atoms with Gasteiger partial charge in [0, 0.05) is 5.92 Å². The number of alkyl halides is 3. The Bertz CT molecular complexity index is 538. The minimum Gasteiger partial charge on any atom is -0.123 e. The molecule has 0 radical (unpaired) electrons. The van der Waals surface area contributed by atoms with Crippen LogP contribution in [0.25, 0.3) is 0 Å². The molecule has 0 aliphatic heterocycles. The molecule has 0 aliphatic carbocycles.